The minimum atomic E-state index is 0.756. The highest BCUT2D eigenvalue weighted by molar-refractivity contribution is 9.11. The lowest BCUT2D eigenvalue weighted by Gasteiger charge is -2.34. The van der Waals surface area contributed by atoms with E-state index in [0.29, 0.717) is 0 Å². The minimum Gasteiger partial charge on any atom is -0.346 e. The molecule has 0 radical (unpaired) electrons. The van der Waals surface area contributed by atoms with E-state index in [-0.39, 0.29) is 0 Å². The van der Waals surface area contributed by atoms with E-state index < -0.39 is 0 Å². The van der Waals surface area contributed by atoms with E-state index in [1.807, 2.05) is 0 Å². The molecule has 1 saturated heterocycles. The van der Waals surface area contributed by atoms with Crippen LogP contribution in [0.1, 0.15) is 20.3 Å². The molecule has 2 atom stereocenters. The van der Waals surface area contributed by atoms with Gasteiger partial charge < -0.3 is 4.90 Å². The zero-order valence-corrected chi connectivity index (χ0v) is 10.8. The van der Waals surface area contributed by atoms with Crippen LogP contribution in [0.3, 0.4) is 0 Å². The Labute approximate surface area is 96.7 Å². The second-order valence-electron chi connectivity index (χ2n) is 4.03. The summed E-state index contributed by atoms with van der Waals surface area (Å²) in [6.45, 7) is 6.88. The third-order valence-electron chi connectivity index (χ3n) is 2.99. The van der Waals surface area contributed by atoms with Gasteiger partial charge in [0, 0.05) is 13.1 Å². The van der Waals surface area contributed by atoms with Crippen molar-refractivity contribution in [1.29, 1.82) is 0 Å². The molecule has 78 valence electrons. The van der Waals surface area contributed by atoms with Gasteiger partial charge in [0.1, 0.15) is 0 Å². The first-order chi connectivity index (χ1) is 6.66. The lowest BCUT2D eigenvalue weighted by atomic mass is 9.89. The zero-order chi connectivity index (χ0) is 10.1. The fraction of sp³-hybridized carbons (Fsp3) is 0.778. The van der Waals surface area contributed by atoms with Crippen molar-refractivity contribution < 1.29 is 0 Å². The van der Waals surface area contributed by atoms with Gasteiger partial charge in [-0.25, -0.2) is 0 Å². The molecular weight excluding hydrogens is 262 g/mol. The highest BCUT2D eigenvalue weighted by Gasteiger charge is 2.24. The van der Waals surface area contributed by atoms with Crippen molar-refractivity contribution in [2.75, 3.05) is 18.0 Å². The van der Waals surface area contributed by atoms with E-state index in [0.717, 1.165) is 34.0 Å². The van der Waals surface area contributed by atoms with Crippen molar-refractivity contribution in [3.05, 3.63) is 3.92 Å². The van der Waals surface area contributed by atoms with Crippen LogP contribution in [0.2, 0.25) is 0 Å². The number of hydrogen-bond acceptors (Lipinski definition) is 4. The molecule has 0 unspecified atom stereocenters. The van der Waals surface area contributed by atoms with Gasteiger partial charge in [-0.05, 0) is 34.2 Å². The molecule has 1 aromatic rings. The molecule has 2 rings (SSSR count). The fourth-order valence-electron chi connectivity index (χ4n) is 1.76. The number of rotatable bonds is 1. The molecule has 0 aliphatic carbocycles. The molecule has 0 saturated carbocycles. The average Bonchev–Trinajstić information content (AvgIpc) is 2.57. The van der Waals surface area contributed by atoms with Crippen molar-refractivity contribution in [3.63, 3.8) is 0 Å². The molecule has 0 amide bonds. The first-order valence-electron chi connectivity index (χ1n) is 4.91. The smallest absolute Gasteiger partial charge is 0.209 e. The van der Waals surface area contributed by atoms with Gasteiger partial charge in [0.25, 0.3) is 0 Å². The Morgan fingerprint density at radius 1 is 1.36 bits per heavy atom. The van der Waals surface area contributed by atoms with Crippen molar-refractivity contribution >= 4 is 32.4 Å². The quantitative estimate of drug-likeness (QED) is 0.789. The number of aromatic nitrogens is 2. The Balaban J connectivity index is 2.06. The van der Waals surface area contributed by atoms with E-state index in [1.54, 1.807) is 11.3 Å². The molecule has 1 aromatic heterocycles. The Morgan fingerprint density at radius 3 is 2.71 bits per heavy atom. The van der Waals surface area contributed by atoms with Crippen molar-refractivity contribution in [1.82, 2.24) is 10.2 Å². The second kappa shape index (κ2) is 4.14. The van der Waals surface area contributed by atoms with E-state index in [2.05, 4.69) is 44.9 Å². The number of anilines is 1. The molecule has 0 aromatic carbocycles. The molecule has 1 aliphatic heterocycles. The molecule has 5 heteroatoms. The molecule has 3 nitrogen and oxygen atoms in total. The van der Waals surface area contributed by atoms with Crippen LogP contribution in [-0.4, -0.2) is 23.3 Å². The predicted molar refractivity (Wildman–Crippen MR) is 62.8 cm³/mol. The summed E-state index contributed by atoms with van der Waals surface area (Å²) in [5.74, 6) is 1.59. The largest absolute Gasteiger partial charge is 0.346 e. The Bertz CT molecular complexity index is 315. The predicted octanol–water partition coefficient (Wildman–Crippen LogP) is 2.78. The maximum atomic E-state index is 4.15. The van der Waals surface area contributed by atoms with E-state index in [4.69, 9.17) is 0 Å². The van der Waals surface area contributed by atoms with Gasteiger partial charge in [-0.15, -0.1) is 10.2 Å². The van der Waals surface area contributed by atoms with Crippen LogP contribution in [0.5, 0.6) is 0 Å². The molecule has 0 N–H and O–H groups in total. The highest BCUT2D eigenvalue weighted by atomic mass is 79.9. The Kier molecular flexibility index (Phi) is 3.07. The lowest BCUT2D eigenvalue weighted by Crippen LogP contribution is -2.38. The third-order valence-corrected chi connectivity index (χ3v) is 4.41. The number of piperidine rings is 1. The summed E-state index contributed by atoms with van der Waals surface area (Å²) in [4.78, 5) is 2.34. The average molecular weight is 276 g/mol. The molecule has 1 aliphatic rings. The van der Waals surface area contributed by atoms with Crippen LogP contribution in [0.25, 0.3) is 0 Å². The fourth-order valence-corrected chi connectivity index (χ4v) is 2.89. The molecule has 0 spiro atoms. The Hall–Kier alpha value is -0.160. The van der Waals surface area contributed by atoms with E-state index in [1.165, 1.54) is 6.42 Å². The zero-order valence-electron chi connectivity index (χ0n) is 8.40. The summed E-state index contributed by atoms with van der Waals surface area (Å²) in [5.41, 5.74) is 0. The Morgan fingerprint density at radius 2 is 2.14 bits per heavy atom. The highest BCUT2D eigenvalue weighted by Crippen LogP contribution is 2.30. The van der Waals surface area contributed by atoms with Crippen LogP contribution < -0.4 is 4.90 Å². The van der Waals surface area contributed by atoms with Crippen LogP contribution in [0.15, 0.2) is 3.92 Å². The molecule has 0 bridgehead atoms. The monoisotopic (exact) mass is 275 g/mol. The summed E-state index contributed by atoms with van der Waals surface area (Å²) in [6.07, 6.45) is 1.26. The maximum absolute atomic E-state index is 4.15. The molecule has 2 heterocycles. The maximum Gasteiger partial charge on any atom is 0.209 e. The summed E-state index contributed by atoms with van der Waals surface area (Å²) in [5, 5.41) is 9.18. The summed E-state index contributed by atoms with van der Waals surface area (Å²) >= 11 is 4.96. The summed E-state index contributed by atoms with van der Waals surface area (Å²) < 4.78 is 0.874. The van der Waals surface area contributed by atoms with Gasteiger partial charge in [0.05, 0.1) is 0 Å². The molecule has 14 heavy (non-hydrogen) atoms. The van der Waals surface area contributed by atoms with E-state index in [9.17, 15) is 0 Å². The standard InChI is InChI=1S/C9H14BrN3S/c1-6-3-4-13(5-7(6)2)9-12-11-8(10)14-9/h6-7H,3-5H2,1-2H3/t6-,7+/m0/s1. The normalized spacial score (nSPS) is 28.1. The van der Waals surface area contributed by atoms with Gasteiger partial charge in [-0.2, -0.15) is 0 Å². The van der Waals surface area contributed by atoms with Gasteiger partial charge in [0.15, 0.2) is 3.92 Å². The lowest BCUT2D eigenvalue weighted by molar-refractivity contribution is 0.323. The summed E-state index contributed by atoms with van der Waals surface area (Å²) in [7, 11) is 0. The SMILES string of the molecule is C[C@@H]1CN(c2nnc(Br)s2)CC[C@@H]1C. The van der Waals surface area contributed by atoms with Crippen LogP contribution in [0, 0.1) is 11.8 Å². The summed E-state index contributed by atoms with van der Waals surface area (Å²) in [6, 6.07) is 0. The van der Waals surface area contributed by atoms with Crippen molar-refractivity contribution in [3.8, 4) is 0 Å². The first-order valence-corrected chi connectivity index (χ1v) is 6.51. The molecular formula is C9H14BrN3S. The van der Waals surface area contributed by atoms with Gasteiger partial charge >= 0.3 is 0 Å². The van der Waals surface area contributed by atoms with Crippen LogP contribution >= 0.6 is 27.3 Å². The van der Waals surface area contributed by atoms with Gasteiger partial charge in [-0.3, -0.25) is 0 Å². The molecule has 1 fully saturated rings. The minimum absolute atomic E-state index is 0.756. The number of hydrogen-bond donors (Lipinski definition) is 0. The number of halogens is 1. The first kappa shape index (κ1) is 10.4. The van der Waals surface area contributed by atoms with Gasteiger partial charge in [-0.1, -0.05) is 25.2 Å². The van der Waals surface area contributed by atoms with Crippen molar-refractivity contribution in [2.24, 2.45) is 11.8 Å². The number of nitrogens with zero attached hydrogens (tertiary/aromatic N) is 3. The third kappa shape index (κ3) is 2.08. The van der Waals surface area contributed by atoms with Crippen LogP contribution in [-0.2, 0) is 0 Å². The second-order valence-corrected chi connectivity index (χ2v) is 6.26. The van der Waals surface area contributed by atoms with Crippen molar-refractivity contribution in [2.45, 2.75) is 20.3 Å². The van der Waals surface area contributed by atoms with Crippen LogP contribution in [0.4, 0.5) is 5.13 Å². The van der Waals surface area contributed by atoms with E-state index >= 15 is 0 Å². The van der Waals surface area contributed by atoms with Gasteiger partial charge in [0.2, 0.25) is 5.13 Å². The topological polar surface area (TPSA) is 29.0 Å².